The second-order valence-electron chi connectivity index (χ2n) is 15.7. The van der Waals surface area contributed by atoms with Crippen molar-refractivity contribution in [3.8, 4) is 0 Å². The summed E-state index contributed by atoms with van der Waals surface area (Å²) in [6.45, 7) is 4.35. The van der Waals surface area contributed by atoms with Crippen LogP contribution in [0.3, 0.4) is 0 Å². The number of hydrogen-bond acceptors (Lipinski definition) is 7. The molecule has 0 radical (unpaired) electrons. The van der Waals surface area contributed by atoms with Crippen LogP contribution in [0, 0.1) is 0 Å². The summed E-state index contributed by atoms with van der Waals surface area (Å²) in [7, 11) is 1.47. The standard InChI is InChI=1S/C44H82NO8P/c1-6-8-10-12-14-15-16-17-18-19-20-21-22-23-24-25-26-27-28-29-31-33-35-37-44(47)53-42(41-52-54(48,49)51-39-38-45(3,4)5)40-50-43(46)36-34-32-30-13-11-9-7-2/h16-17,19-20,22-23,42H,6-15,18,21,24-41H2,1-5H3/p+1/b17-16-,20-19-,23-22-. The van der Waals surface area contributed by atoms with E-state index in [2.05, 4.69) is 50.3 Å². The lowest BCUT2D eigenvalue weighted by atomic mass is 10.1. The Morgan fingerprint density at radius 1 is 0.574 bits per heavy atom. The van der Waals surface area contributed by atoms with E-state index in [1.807, 2.05) is 21.1 Å². The molecular weight excluding hydrogens is 701 g/mol. The maximum Gasteiger partial charge on any atom is 0.472 e. The van der Waals surface area contributed by atoms with E-state index in [1.54, 1.807) is 0 Å². The van der Waals surface area contributed by atoms with Crippen LogP contribution in [-0.2, 0) is 32.7 Å². The summed E-state index contributed by atoms with van der Waals surface area (Å²) in [4.78, 5) is 35.1. The van der Waals surface area contributed by atoms with E-state index in [-0.39, 0.29) is 32.0 Å². The Morgan fingerprint density at radius 3 is 1.48 bits per heavy atom. The lowest BCUT2D eigenvalue weighted by molar-refractivity contribution is -0.870. The van der Waals surface area contributed by atoms with E-state index < -0.39 is 26.5 Å². The molecule has 2 atom stereocenters. The summed E-state index contributed by atoms with van der Waals surface area (Å²) in [5.41, 5.74) is 0. The normalized spacial score (nSPS) is 14.0. The first-order chi connectivity index (χ1) is 26.0. The number of ether oxygens (including phenoxy) is 2. The highest BCUT2D eigenvalue weighted by Gasteiger charge is 2.27. The number of likely N-dealkylation sites (N-methyl/N-ethyl adjacent to an activating group) is 1. The maximum absolute atomic E-state index is 12.6. The predicted octanol–water partition coefficient (Wildman–Crippen LogP) is 12.1. The molecule has 0 saturated carbocycles. The van der Waals surface area contributed by atoms with E-state index in [0.29, 0.717) is 17.4 Å². The van der Waals surface area contributed by atoms with E-state index in [4.69, 9.17) is 18.5 Å². The lowest BCUT2D eigenvalue weighted by Crippen LogP contribution is -2.37. The number of unbranched alkanes of at least 4 members (excludes halogenated alkanes) is 19. The Balaban J connectivity index is 4.22. The number of carbonyl (C=O) groups is 2. The van der Waals surface area contributed by atoms with E-state index in [9.17, 15) is 19.0 Å². The molecule has 9 nitrogen and oxygen atoms in total. The SMILES string of the molecule is CCCCCCC/C=C\C/C=C\C/C=C\CCCCCCCCCCC(=O)OC(COC(=O)CCCCCCCCC)COP(=O)(O)OCC[N+](C)(C)C. The fourth-order valence-corrected chi connectivity index (χ4v) is 6.47. The number of phosphoric acid groups is 1. The quantitative estimate of drug-likeness (QED) is 0.0216. The third kappa shape index (κ3) is 39.9. The van der Waals surface area contributed by atoms with Crippen LogP contribution in [-0.4, -0.2) is 74.9 Å². The molecule has 0 heterocycles. The maximum atomic E-state index is 12.6. The first-order valence-electron chi connectivity index (χ1n) is 21.7. The van der Waals surface area contributed by atoms with Crippen LogP contribution in [0.2, 0.25) is 0 Å². The van der Waals surface area contributed by atoms with Gasteiger partial charge < -0.3 is 18.9 Å². The smallest absolute Gasteiger partial charge is 0.462 e. The summed E-state index contributed by atoms with van der Waals surface area (Å²) in [5.74, 6) is -0.813. The van der Waals surface area contributed by atoms with Crippen molar-refractivity contribution in [3.63, 3.8) is 0 Å². The topological polar surface area (TPSA) is 108 Å². The van der Waals surface area contributed by atoms with Crippen molar-refractivity contribution in [3.05, 3.63) is 36.5 Å². The Hall–Kier alpha value is -1.77. The highest BCUT2D eigenvalue weighted by Crippen LogP contribution is 2.43. The van der Waals surface area contributed by atoms with Gasteiger partial charge in [-0.25, -0.2) is 4.57 Å². The van der Waals surface area contributed by atoms with Crippen molar-refractivity contribution in [2.45, 2.75) is 187 Å². The molecule has 10 heteroatoms. The molecule has 0 aromatic carbocycles. The van der Waals surface area contributed by atoms with Crippen LogP contribution in [0.1, 0.15) is 181 Å². The number of rotatable bonds is 39. The summed E-state index contributed by atoms with van der Waals surface area (Å²) in [6.07, 6.45) is 40.7. The summed E-state index contributed by atoms with van der Waals surface area (Å²) >= 11 is 0. The number of quaternary nitrogens is 1. The Kier molecular flexibility index (Phi) is 35.6. The number of phosphoric ester groups is 1. The van der Waals surface area contributed by atoms with Gasteiger partial charge in [-0.3, -0.25) is 18.6 Å². The molecule has 0 fully saturated rings. The van der Waals surface area contributed by atoms with Crippen LogP contribution in [0.15, 0.2) is 36.5 Å². The molecular formula is C44H83NO8P+. The number of esters is 2. The average molecular weight is 785 g/mol. The fraction of sp³-hybridized carbons (Fsp3) is 0.818. The van der Waals surface area contributed by atoms with Gasteiger partial charge in [0.2, 0.25) is 0 Å². The van der Waals surface area contributed by atoms with Crippen molar-refractivity contribution in [1.82, 2.24) is 0 Å². The zero-order valence-electron chi connectivity index (χ0n) is 35.5. The predicted molar refractivity (Wildman–Crippen MR) is 224 cm³/mol. The summed E-state index contributed by atoms with van der Waals surface area (Å²) in [6, 6.07) is 0. The van der Waals surface area contributed by atoms with Crippen LogP contribution < -0.4 is 0 Å². The monoisotopic (exact) mass is 785 g/mol. The fourth-order valence-electron chi connectivity index (χ4n) is 5.73. The second-order valence-corrected chi connectivity index (χ2v) is 17.2. The van der Waals surface area contributed by atoms with Gasteiger partial charge in [0, 0.05) is 12.8 Å². The van der Waals surface area contributed by atoms with Gasteiger partial charge in [-0.2, -0.15) is 0 Å². The highest BCUT2D eigenvalue weighted by molar-refractivity contribution is 7.47. The minimum absolute atomic E-state index is 0.0303. The molecule has 54 heavy (non-hydrogen) atoms. The molecule has 0 rings (SSSR count). The van der Waals surface area contributed by atoms with Gasteiger partial charge in [-0.15, -0.1) is 0 Å². The van der Waals surface area contributed by atoms with Gasteiger partial charge in [0.1, 0.15) is 19.8 Å². The molecule has 0 aromatic heterocycles. The molecule has 0 aliphatic carbocycles. The molecule has 0 aromatic rings. The van der Waals surface area contributed by atoms with Crippen molar-refractivity contribution in [2.75, 3.05) is 47.5 Å². The largest absolute Gasteiger partial charge is 0.472 e. The van der Waals surface area contributed by atoms with Crippen LogP contribution in [0.25, 0.3) is 0 Å². The Labute approximate surface area is 331 Å². The number of allylic oxidation sites excluding steroid dienone is 6. The Morgan fingerprint density at radius 2 is 1.00 bits per heavy atom. The first kappa shape index (κ1) is 52.2. The molecule has 316 valence electrons. The first-order valence-corrected chi connectivity index (χ1v) is 23.2. The van der Waals surface area contributed by atoms with E-state index >= 15 is 0 Å². The average Bonchev–Trinajstić information content (AvgIpc) is 3.12. The number of hydrogen-bond donors (Lipinski definition) is 1. The summed E-state index contributed by atoms with van der Waals surface area (Å²) < 4.78 is 34.1. The van der Waals surface area contributed by atoms with Crippen molar-refractivity contribution >= 4 is 19.8 Å². The molecule has 0 amide bonds. The van der Waals surface area contributed by atoms with Crippen molar-refractivity contribution < 1.29 is 42.1 Å². The Bertz CT molecular complexity index is 1020. The zero-order valence-corrected chi connectivity index (χ0v) is 36.3. The lowest BCUT2D eigenvalue weighted by Gasteiger charge is -2.24. The molecule has 0 aliphatic heterocycles. The van der Waals surface area contributed by atoms with Crippen LogP contribution in [0.4, 0.5) is 0 Å². The van der Waals surface area contributed by atoms with Gasteiger partial charge in [-0.05, 0) is 51.4 Å². The molecule has 0 saturated heterocycles. The minimum atomic E-state index is -4.37. The van der Waals surface area contributed by atoms with Crippen molar-refractivity contribution in [1.29, 1.82) is 0 Å². The second kappa shape index (κ2) is 36.8. The van der Waals surface area contributed by atoms with Gasteiger partial charge in [0.25, 0.3) is 0 Å². The highest BCUT2D eigenvalue weighted by atomic mass is 31.2. The van der Waals surface area contributed by atoms with E-state index in [0.717, 1.165) is 57.8 Å². The molecule has 0 spiro atoms. The minimum Gasteiger partial charge on any atom is -0.462 e. The van der Waals surface area contributed by atoms with Crippen LogP contribution in [0.5, 0.6) is 0 Å². The molecule has 1 N–H and O–H groups in total. The van der Waals surface area contributed by atoms with Crippen molar-refractivity contribution in [2.24, 2.45) is 0 Å². The number of nitrogens with zero attached hydrogens (tertiary/aromatic N) is 1. The van der Waals surface area contributed by atoms with E-state index in [1.165, 1.54) is 89.9 Å². The molecule has 2 unspecified atom stereocenters. The zero-order chi connectivity index (χ0) is 40.0. The third-order valence-electron chi connectivity index (χ3n) is 9.17. The third-order valence-corrected chi connectivity index (χ3v) is 10.2. The molecule has 0 aliphatic rings. The van der Waals surface area contributed by atoms with Gasteiger partial charge in [0.15, 0.2) is 6.10 Å². The van der Waals surface area contributed by atoms with Gasteiger partial charge in [0.05, 0.1) is 27.7 Å². The number of carbonyl (C=O) groups excluding carboxylic acids is 2. The summed E-state index contributed by atoms with van der Waals surface area (Å²) in [5, 5.41) is 0. The molecule has 0 bridgehead atoms. The van der Waals surface area contributed by atoms with Gasteiger partial charge in [-0.1, -0.05) is 153 Å². The van der Waals surface area contributed by atoms with Crippen LogP contribution >= 0.6 is 7.82 Å². The van der Waals surface area contributed by atoms with Gasteiger partial charge >= 0.3 is 19.8 Å².